The molecule has 0 radical (unpaired) electrons. The Morgan fingerprint density at radius 1 is 1.47 bits per heavy atom. The molecule has 19 heavy (non-hydrogen) atoms. The number of piperidine rings is 1. The van der Waals surface area contributed by atoms with E-state index in [9.17, 15) is 4.79 Å². The number of anilines is 2. The van der Waals surface area contributed by atoms with Crippen LogP contribution in [0.4, 0.5) is 11.5 Å². The number of carbonyl (C=O) groups is 1. The number of pyridine rings is 1. The first-order valence-corrected chi connectivity index (χ1v) is 6.54. The highest BCUT2D eigenvalue weighted by Crippen LogP contribution is 2.25. The van der Waals surface area contributed by atoms with Gasteiger partial charge < -0.3 is 21.1 Å². The molecule has 1 aromatic heterocycles. The molecule has 0 unspecified atom stereocenters. The number of amides is 1. The number of rotatable bonds is 4. The molecule has 1 saturated heterocycles. The topological polar surface area (TPSA) is 94.5 Å². The van der Waals surface area contributed by atoms with Gasteiger partial charge in [-0.05, 0) is 31.9 Å². The van der Waals surface area contributed by atoms with Crippen LogP contribution in [0.5, 0.6) is 0 Å². The molecule has 1 aliphatic rings. The fourth-order valence-electron chi connectivity index (χ4n) is 2.32. The normalized spacial score (nSPS) is 16.6. The van der Waals surface area contributed by atoms with E-state index >= 15 is 0 Å². The fourth-order valence-corrected chi connectivity index (χ4v) is 2.32. The molecular weight excluding hydrogens is 244 g/mol. The van der Waals surface area contributed by atoms with Crippen molar-refractivity contribution < 1.29 is 9.53 Å². The number of nitrogens with two attached hydrogens (primary N) is 2. The average Bonchev–Trinajstić information content (AvgIpc) is 2.40. The van der Waals surface area contributed by atoms with Gasteiger partial charge in [-0.25, -0.2) is 4.98 Å². The van der Waals surface area contributed by atoms with Crippen LogP contribution in [0.25, 0.3) is 0 Å². The van der Waals surface area contributed by atoms with Gasteiger partial charge in [0.15, 0.2) is 5.82 Å². The van der Waals surface area contributed by atoms with E-state index in [0.29, 0.717) is 17.6 Å². The molecule has 4 N–H and O–H groups in total. The van der Waals surface area contributed by atoms with Gasteiger partial charge in [-0.1, -0.05) is 0 Å². The van der Waals surface area contributed by atoms with E-state index in [0.717, 1.165) is 32.5 Å². The van der Waals surface area contributed by atoms with Gasteiger partial charge in [0.05, 0.1) is 11.8 Å². The lowest BCUT2D eigenvalue weighted by atomic mass is 10.1. The monoisotopic (exact) mass is 264 g/mol. The van der Waals surface area contributed by atoms with Gasteiger partial charge in [-0.2, -0.15) is 0 Å². The number of carbonyl (C=O) groups excluding carboxylic acids is 1. The van der Waals surface area contributed by atoms with Gasteiger partial charge in [0.2, 0.25) is 0 Å². The predicted octanol–water partition coefficient (Wildman–Crippen LogP) is 0.768. The molecule has 0 atom stereocenters. The number of nitrogen functional groups attached to an aromatic ring is 1. The van der Waals surface area contributed by atoms with Crippen molar-refractivity contribution in [2.45, 2.75) is 25.9 Å². The Morgan fingerprint density at radius 2 is 2.16 bits per heavy atom. The first-order valence-electron chi connectivity index (χ1n) is 6.54. The Kier molecular flexibility index (Phi) is 4.21. The summed E-state index contributed by atoms with van der Waals surface area (Å²) in [5.41, 5.74) is 12.0. The van der Waals surface area contributed by atoms with E-state index in [1.165, 1.54) is 0 Å². The lowest BCUT2D eigenvalue weighted by Crippen LogP contribution is -2.38. The highest BCUT2D eigenvalue weighted by atomic mass is 16.5. The van der Waals surface area contributed by atoms with Crippen molar-refractivity contribution >= 4 is 17.4 Å². The number of hydrogen-bond donors (Lipinski definition) is 2. The molecule has 0 saturated carbocycles. The van der Waals surface area contributed by atoms with Crippen LogP contribution in [0.15, 0.2) is 12.1 Å². The molecule has 1 aliphatic heterocycles. The summed E-state index contributed by atoms with van der Waals surface area (Å²) in [4.78, 5) is 17.5. The quantitative estimate of drug-likeness (QED) is 0.837. The molecule has 0 aliphatic carbocycles. The van der Waals surface area contributed by atoms with Crippen molar-refractivity contribution in [3.63, 3.8) is 0 Å². The number of ether oxygens (including phenoxy) is 1. The first-order chi connectivity index (χ1) is 9.11. The Balaban J connectivity index is 2.10. The number of nitrogens with zero attached hydrogens (tertiary/aromatic N) is 2. The van der Waals surface area contributed by atoms with Crippen molar-refractivity contribution in [1.29, 1.82) is 0 Å². The maximum absolute atomic E-state index is 11.2. The zero-order valence-electron chi connectivity index (χ0n) is 11.1. The van der Waals surface area contributed by atoms with Crippen LogP contribution in [0, 0.1) is 0 Å². The smallest absolute Gasteiger partial charge is 0.267 e. The zero-order chi connectivity index (χ0) is 13.8. The highest BCUT2D eigenvalue weighted by Gasteiger charge is 2.22. The largest absolute Gasteiger partial charge is 0.396 e. The van der Waals surface area contributed by atoms with Gasteiger partial charge in [-0.3, -0.25) is 4.79 Å². The molecule has 1 aromatic rings. The van der Waals surface area contributed by atoms with Crippen LogP contribution in [-0.2, 0) is 4.74 Å². The first kappa shape index (κ1) is 13.6. The highest BCUT2D eigenvalue weighted by molar-refractivity contribution is 5.91. The maximum atomic E-state index is 11.2. The molecule has 104 valence electrons. The van der Waals surface area contributed by atoms with Crippen molar-refractivity contribution in [1.82, 2.24) is 4.98 Å². The molecular formula is C13H20N4O2. The van der Waals surface area contributed by atoms with Gasteiger partial charge in [0, 0.05) is 19.7 Å². The Labute approximate surface area is 112 Å². The van der Waals surface area contributed by atoms with E-state index < -0.39 is 5.91 Å². The molecule has 6 heteroatoms. The van der Waals surface area contributed by atoms with E-state index in [-0.39, 0.29) is 5.69 Å². The third-order valence-electron chi connectivity index (χ3n) is 3.30. The van der Waals surface area contributed by atoms with E-state index in [4.69, 9.17) is 16.2 Å². The Bertz CT molecular complexity index is 456. The zero-order valence-corrected chi connectivity index (χ0v) is 11.1. The minimum absolute atomic E-state index is 0.246. The molecule has 2 rings (SSSR count). The van der Waals surface area contributed by atoms with Gasteiger partial charge in [0.25, 0.3) is 5.91 Å². The summed E-state index contributed by atoms with van der Waals surface area (Å²) in [5, 5.41) is 0. The number of primary amides is 1. The van der Waals surface area contributed by atoms with Crippen LogP contribution in [0.2, 0.25) is 0 Å². The van der Waals surface area contributed by atoms with Crippen LogP contribution in [0.1, 0.15) is 30.3 Å². The van der Waals surface area contributed by atoms with Gasteiger partial charge >= 0.3 is 0 Å². The second-order valence-electron chi connectivity index (χ2n) is 4.62. The van der Waals surface area contributed by atoms with Crippen LogP contribution < -0.4 is 16.4 Å². The molecule has 6 nitrogen and oxygen atoms in total. The van der Waals surface area contributed by atoms with Crippen LogP contribution >= 0.6 is 0 Å². The lowest BCUT2D eigenvalue weighted by Gasteiger charge is -2.33. The molecule has 0 bridgehead atoms. The molecule has 0 aromatic carbocycles. The summed E-state index contributed by atoms with van der Waals surface area (Å²) in [5.74, 6) is 0.108. The molecule has 1 fully saturated rings. The minimum Gasteiger partial charge on any atom is -0.396 e. The summed E-state index contributed by atoms with van der Waals surface area (Å²) in [6.45, 7) is 4.39. The second kappa shape index (κ2) is 5.88. The summed E-state index contributed by atoms with van der Waals surface area (Å²) < 4.78 is 5.61. The van der Waals surface area contributed by atoms with Crippen molar-refractivity contribution in [2.75, 3.05) is 30.3 Å². The van der Waals surface area contributed by atoms with Crippen molar-refractivity contribution in [3.05, 3.63) is 17.8 Å². The second-order valence-corrected chi connectivity index (χ2v) is 4.62. The van der Waals surface area contributed by atoms with E-state index in [2.05, 4.69) is 9.88 Å². The van der Waals surface area contributed by atoms with Crippen LogP contribution in [-0.4, -0.2) is 36.7 Å². The fraction of sp³-hybridized carbons (Fsp3) is 0.538. The van der Waals surface area contributed by atoms with Crippen molar-refractivity contribution in [3.8, 4) is 0 Å². The SMILES string of the molecule is CCOC1CCN(c2nc(C(N)=O)ccc2N)CC1. The number of aromatic nitrogens is 1. The third kappa shape index (κ3) is 3.14. The van der Waals surface area contributed by atoms with E-state index in [1.54, 1.807) is 12.1 Å². The van der Waals surface area contributed by atoms with Gasteiger partial charge in [0.1, 0.15) is 5.69 Å². The summed E-state index contributed by atoms with van der Waals surface area (Å²) in [6.07, 6.45) is 2.19. The van der Waals surface area contributed by atoms with Crippen LogP contribution in [0.3, 0.4) is 0 Å². The number of hydrogen-bond acceptors (Lipinski definition) is 5. The minimum atomic E-state index is -0.537. The Morgan fingerprint density at radius 3 is 2.74 bits per heavy atom. The maximum Gasteiger partial charge on any atom is 0.267 e. The lowest BCUT2D eigenvalue weighted by molar-refractivity contribution is 0.0458. The molecule has 2 heterocycles. The van der Waals surface area contributed by atoms with E-state index in [1.807, 2.05) is 6.92 Å². The average molecular weight is 264 g/mol. The summed E-state index contributed by atoms with van der Waals surface area (Å²) in [7, 11) is 0. The molecule has 0 spiro atoms. The third-order valence-corrected chi connectivity index (χ3v) is 3.30. The summed E-state index contributed by atoms with van der Waals surface area (Å²) in [6, 6.07) is 3.23. The summed E-state index contributed by atoms with van der Waals surface area (Å²) >= 11 is 0. The Hall–Kier alpha value is -1.82. The predicted molar refractivity (Wildman–Crippen MR) is 74.0 cm³/mol. The molecule has 1 amide bonds. The van der Waals surface area contributed by atoms with Crippen molar-refractivity contribution in [2.24, 2.45) is 5.73 Å². The van der Waals surface area contributed by atoms with Gasteiger partial charge in [-0.15, -0.1) is 0 Å². The standard InChI is InChI=1S/C13H20N4O2/c1-2-19-9-5-7-17(8-6-9)13-10(14)3-4-11(16-13)12(15)18/h3-4,9H,2,5-8,14H2,1H3,(H2,15,18).